The molecule has 78 valence electrons. The molecule has 0 aliphatic carbocycles. The Hall–Kier alpha value is -0.180. The molecule has 0 fully saturated rings. The summed E-state index contributed by atoms with van der Waals surface area (Å²) in [5.41, 5.74) is 0. The summed E-state index contributed by atoms with van der Waals surface area (Å²) in [7, 11) is 0. The third-order valence-corrected chi connectivity index (χ3v) is 2.23. The highest BCUT2D eigenvalue weighted by Crippen LogP contribution is 2.00. The van der Waals surface area contributed by atoms with Crippen LogP contribution in [0.2, 0.25) is 0 Å². The van der Waals surface area contributed by atoms with Crippen LogP contribution >= 0.6 is 12.6 Å². The average molecular weight is 203 g/mol. The van der Waals surface area contributed by atoms with E-state index in [1.54, 1.807) is 0 Å². The molecule has 0 unspecified atom stereocenters. The summed E-state index contributed by atoms with van der Waals surface area (Å²) in [6, 6.07) is 0. The molecule has 0 atom stereocenters. The van der Waals surface area contributed by atoms with Gasteiger partial charge in [0.1, 0.15) is 0 Å². The van der Waals surface area contributed by atoms with Gasteiger partial charge in [0.2, 0.25) is 5.91 Å². The second-order valence-corrected chi connectivity index (χ2v) is 3.68. The fourth-order valence-electron chi connectivity index (χ4n) is 1.07. The summed E-state index contributed by atoms with van der Waals surface area (Å²) < 4.78 is 0. The van der Waals surface area contributed by atoms with Crippen molar-refractivity contribution in [2.75, 3.05) is 12.3 Å². The average Bonchev–Trinajstić information content (AvgIpc) is 2.13. The normalized spacial score (nSPS) is 10.0. The minimum Gasteiger partial charge on any atom is -0.356 e. The van der Waals surface area contributed by atoms with E-state index in [1.165, 1.54) is 0 Å². The SMILES string of the molecule is CCCCNC(=O)CCCCCS. The lowest BCUT2D eigenvalue weighted by molar-refractivity contribution is -0.121. The molecule has 0 aliphatic rings. The Morgan fingerprint density at radius 3 is 2.62 bits per heavy atom. The van der Waals surface area contributed by atoms with E-state index in [0.717, 1.165) is 44.4 Å². The first kappa shape index (κ1) is 12.8. The molecule has 0 bridgehead atoms. The van der Waals surface area contributed by atoms with Crippen molar-refractivity contribution in [2.45, 2.75) is 45.4 Å². The maximum Gasteiger partial charge on any atom is 0.219 e. The Morgan fingerprint density at radius 2 is 2.00 bits per heavy atom. The number of nitrogens with one attached hydrogen (secondary N) is 1. The standard InChI is InChI=1S/C10H21NOS/c1-2-3-8-11-10(12)7-5-4-6-9-13/h13H,2-9H2,1H3,(H,11,12). The molecule has 0 aromatic rings. The van der Waals surface area contributed by atoms with Gasteiger partial charge in [-0.1, -0.05) is 19.8 Å². The zero-order valence-electron chi connectivity index (χ0n) is 8.51. The fraction of sp³-hybridized carbons (Fsp3) is 0.900. The fourth-order valence-corrected chi connectivity index (χ4v) is 1.29. The van der Waals surface area contributed by atoms with Crippen molar-refractivity contribution in [3.63, 3.8) is 0 Å². The van der Waals surface area contributed by atoms with E-state index in [1.807, 2.05) is 0 Å². The van der Waals surface area contributed by atoms with E-state index in [-0.39, 0.29) is 5.91 Å². The van der Waals surface area contributed by atoms with E-state index in [9.17, 15) is 4.79 Å². The van der Waals surface area contributed by atoms with Crippen molar-refractivity contribution in [2.24, 2.45) is 0 Å². The number of carbonyl (C=O) groups is 1. The third kappa shape index (κ3) is 9.74. The zero-order valence-corrected chi connectivity index (χ0v) is 9.41. The molecule has 1 amide bonds. The molecule has 0 aromatic heterocycles. The number of unbranched alkanes of at least 4 members (excludes halogenated alkanes) is 3. The molecule has 0 aliphatic heterocycles. The predicted molar refractivity (Wildman–Crippen MR) is 60.2 cm³/mol. The Labute approximate surface area is 86.9 Å². The van der Waals surface area contributed by atoms with Gasteiger partial charge in [0.15, 0.2) is 0 Å². The topological polar surface area (TPSA) is 29.1 Å². The number of rotatable bonds is 8. The first-order valence-corrected chi connectivity index (χ1v) is 5.82. The van der Waals surface area contributed by atoms with Gasteiger partial charge >= 0.3 is 0 Å². The molecule has 1 N–H and O–H groups in total. The Kier molecular flexibility index (Phi) is 9.77. The van der Waals surface area contributed by atoms with Gasteiger partial charge < -0.3 is 5.32 Å². The zero-order chi connectivity index (χ0) is 9.94. The third-order valence-electron chi connectivity index (χ3n) is 1.91. The Morgan fingerprint density at radius 1 is 1.23 bits per heavy atom. The Balaban J connectivity index is 3.11. The summed E-state index contributed by atoms with van der Waals surface area (Å²) in [6.07, 6.45) is 6.13. The van der Waals surface area contributed by atoms with Gasteiger partial charge in [-0.15, -0.1) is 0 Å². The van der Waals surface area contributed by atoms with Crippen molar-refractivity contribution >= 4 is 18.5 Å². The van der Waals surface area contributed by atoms with E-state index in [2.05, 4.69) is 24.9 Å². The van der Waals surface area contributed by atoms with Crippen molar-refractivity contribution < 1.29 is 4.79 Å². The largest absolute Gasteiger partial charge is 0.356 e. The van der Waals surface area contributed by atoms with Crippen LogP contribution in [0, 0.1) is 0 Å². The van der Waals surface area contributed by atoms with Crippen LogP contribution in [0.3, 0.4) is 0 Å². The molecule has 0 spiro atoms. The second-order valence-electron chi connectivity index (χ2n) is 3.24. The molecular formula is C10H21NOS. The van der Waals surface area contributed by atoms with Gasteiger partial charge in [-0.05, 0) is 25.0 Å². The molecule has 0 rings (SSSR count). The Bertz CT molecular complexity index is 128. The van der Waals surface area contributed by atoms with Gasteiger partial charge in [0, 0.05) is 13.0 Å². The summed E-state index contributed by atoms with van der Waals surface area (Å²) in [5, 5.41) is 2.90. The number of amides is 1. The van der Waals surface area contributed by atoms with E-state index in [4.69, 9.17) is 0 Å². The molecule has 0 radical (unpaired) electrons. The molecule has 13 heavy (non-hydrogen) atoms. The van der Waals surface area contributed by atoms with E-state index >= 15 is 0 Å². The van der Waals surface area contributed by atoms with Crippen molar-refractivity contribution in [1.29, 1.82) is 0 Å². The first-order valence-electron chi connectivity index (χ1n) is 5.18. The molecule has 0 heterocycles. The summed E-state index contributed by atoms with van der Waals surface area (Å²) in [5.74, 6) is 1.13. The van der Waals surface area contributed by atoms with Crippen molar-refractivity contribution in [1.82, 2.24) is 5.32 Å². The monoisotopic (exact) mass is 203 g/mol. The highest BCUT2D eigenvalue weighted by molar-refractivity contribution is 7.80. The number of thiol groups is 1. The van der Waals surface area contributed by atoms with Crippen LogP contribution in [0.4, 0.5) is 0 Å². The first-order chi connectivity index (χ1) is 6.31. The predicted octanol–water partition coefficient (Wildman–Crippen LogP) is 2.39. The molecular weight excluding hydrogens is 182 g/mol. The van der Waals surface area contributed by atoms with E-state index < -0.39 is 0 Å². The summed E-state index contributed by atoms with van der Waals surface area (Å²) >= 11 is 4.11. The highest BCUT2D eigenvalue weighted by Gasteiger charge is 1.98. The lowest BCUT2D eigenvalue weighted by atomic mass is 10.2. The molecule has 0 aromatic carbocycles. The minimum atomic E-state index is 0.201. The number of hydrogen-bond donors (Lipinski definition) is 2. The van der Waals surface area contributed by atoms with Crippen LogP contribution in [0.1, 0.15) is 45.4 Å². The van der Waals surface area contributed by atoms with Crippen LogP contribution in [0.25, 0.3) is 0 Å². The van der Waals surface area contributed by atoms with Crippen LogP contribution in [-0.2, 0) is 4.79 Å². The molecule has 0 saturated carbocycles. The lowest BCUT2D eigenvalue weighted by Crippen LogP contribution is -2.23. The van der Waals surface area contributed by atoms with Gasteiger partial charge in [-0.2, -0.15) is 12.6 Å². The lowest BCUT2D eigenvalue weighted by Gasteiger charge is -2.03. The van der Waals surface area contributed by atoms with E-state index in [0.29, 0.717) is 6.42 Å². The van der Waals surface area contributed by atoms with Gasteiger partial charge in [-0.3, -0.25) is 4.79 Å². The number of carbonyl (C=O) groups excluding carboxylic acids is 1. The van der Waals surface area contributed by atoms with Crippen molar-refractivity contribution in [3.05, 3.63) is 0 Å². The smallest absolute Gasteiger partial charge is 0.219 e. The van der Waals surface area contributed by atoms with Gasteiger partial charge in [0.05, 0.1) is 0 Å². The van der Waals surface area contributed by atoms with Crippen LogP contribution < -0.4 is 5.32 Å². The maximum absolute atomic E-state index is 11.2. The second kappa shape index (κ2) is 9.90. The van der Waals surface area contributed by atoms with Crippen LogP contribution in [0.15, 0.2) is 0 Å². The molecule has 0 saturated heterocycles. The molecule has 2 nitrogen and oxygen atoms in total. The molecule has 3 heteroatoms. The minimum absolute atomic E-state index is 0.201. The quantitative estimate of drug-likeness (QED) is 0.460. The maximum atomic E-state index is 11.2. The number of hydrogen-bond acceptors (Lipinski definition) is 2. The highest BCUT2D eigenvalue weighted by atomic mass is 32.1. The van der Waals surface area contributed by atoms with Crippen LogP contribution in [0.5, 0.6) is 0 Å². The van der Waals surface area contributed by atoms with Crippen LogP contribution in [-0.4, -0.2) is 18.2 Å². The summed E-state index contributed by atoms with van der Waals surface area (Å²) in [6.45, 7) is 2.96. The summed E-state index contributed by atoms with van der Waals surface area (Å²) in [4.78, 5) is 11.2. The van der Waals surface area contributed by atoms with Gasteiger partial charge in [-0.25, -0.2) is 0 Å². The van der Waals surface area contributed by atoms with Crippen molar-refractivity contribution in [3.8, 4) is 0 Å². The van der Waals surface area contributed by atoms with Gasteiger partial charge in [0.25, 0.3) is 0 Å².